The van der Waals surface area contributed by atoms with E-state index >= 15 is 0 Å². The third-order valence-corrected chi connectivity index (χ3v) is 7.54. The summed E-state index contributed by atoms with van der Waals surface area (Å²) in [5.41, 5.74) is 1.22. The second-order valence-corrected chi connectivity index (χ2v) is 9.65. The number of ether oxygens (including phenoxy) is 2. The van der Waals surface area contributed by atoms with E-state index in [4.69, 9.17) is 9.47 Å². The van der Waals surface area contributed by atoms with Crippen molar-refractivity contribution in [3.8, 4) is 11.5 Å². The zero-order chi connectivity index (χ0) is 23.9. The molecule has 4 aromatic rings. The number of aromatic nitrogens is 2. The van der Waals surface area contributed by atoms with Crippen molar-refractivity contribution in [1.29, 1.82) is 0 Å². The van der Waals surface area contributed by atoms with Crippen molar-refractivity contribution in [1.82, 2.24) is 14.5 Å². The summed E-state index contributed by atoms with van der Waals surface area (Å²) in [6.07, 6.45) is 1.69. The van der Waals surface area contributed by atoms with Gasteiger partial charge >= 0.3 is 5.69 Å². The number of aromatic amines is 1. The molecule has 0 radical (unpaired) electrons. The first-order chi connectivity index (χ1) is 17.1. The molecule has 7 nitrogen and oxygen atoms in total. The van der Waals surface area contributed by atoms with Gasteiger partial charge in [-0.25, -0.2) is 4.79 Å². The Morgan fingerprint density at radius 2 is 1.80 bits per heavy atom. The highest BCUT2D eigenvalue weighted by Crippen LogP contribution is 2.46. The van der Waals surface area contributed by atoms with Crippen LogP contribution >= 0.6 is 0 Å². The smallest absolute Gasteiger partial charge is 0.328 e. The molecule has 0 aliphatic carbocycles. The lowest BCUT2D eigenvalue weighted by molar-refractivity contribution is 0.209. The summed E-state index contributed by atoms with van der Waals surface area (Å²) in [6, 6.07) is 17.6. The van der Waals surface area contributed by atoms with Gasteiger partial charge in [0.05, 0.1) is 24.6 Å². The number of likely N-dealkylation sites (tertiary alicyclic amines) is 1. The molecule has 1 fully saturated rings. The number of H-pyrrole nitrogens is 1. The van der Waals surface area contributed by atoms with Crippen molar-refractivity contribution in [3.05, 3.63) is 81.0 Å². The van der Waals surface area contributed by atoms with E-state index in [-0.39, 0.29) is 11.2 Å². The Labute approximate surface area is 202 Å². The minimum absolute atomic E-state index is 0.220. The quantitative estimate of drug-likeness (QED) is 0.343. The van der Waals surface area contributed by atoms with Gasteiger partial charge < -0.3 is 19.4 Å². The molecule has 6 rings (SSSR count). The highest BCUT2D eigenvalue weighted by molar-refractivity contribution is 5.95. The van der Waals surface area contributed by atoms with Crippen LogP contribution in [-0.2, 0) is 6.54 Å². The van der Waals surface area contributed by atoms with E-state index in [1.807, 2.05) is 54.6 Å². The van der Waals surface area contributed by atoms with Gasteiger partial charge in [-0.05, 0) is 54.4 Å². The lowest BCUT2D eigenvalue weighted by atomic mass is 9.86. The molecule has 3 aromatic carbocycles. The van der Waals surface area contributed by atoms with Gasteiger partial charge in [-0.1, -0.05) is 30.3 Å². The fourth-order valence-electron chi connectivity index (χ4n) is 5.78. The fourth-order valence-corrected chi connectivity index (χ4v) is 5.78. The van der Waals surface area contributed by atoms with Gasteiger partial charge in [0.25, 0.3) is 5.56 Å². The summed E-state index contributed by atoms with van der Waals surface area (Å²) in [5.74, 6) is 2.71. The van der Waals surface area contributed by atoms with Crippen LogP contribution in [0.1, 0.15) is 24.3 Å². The molecule has 0 amide bonds. The molecule has 2 aliphatic heterocycles. The highest BCUT2D eigenvalue weighted by atomic mass is 16.5. The average Bonchev–Trinajstić information content (AvgIpc) is 3.30. The van der Waals surface area contributed by atoms with Crippen LogP contribution < -0.4 is 20.7 Å². The van der Waals surface area contributed by atoms with E-state index in [1.165, 1.54) is 10.1 Å². The summed E-state index contributed by atoms with van der Waals surface area (Å²) < 4.78 is 13.0. The molecular weight excluding hydrogens is 442 g/mol. The molecular formula is C28H29N3O4. The van der Waals surface area contributed by atoms with Crippen LogP contribution in [0.4, 0.5) is 0 Å². The third kappa shape index (κ3) is 3.90. The van der Waals surface area contributed by atoms with Crippen LogP contribution in [0, 0.1) is 5.92 Å². The van der Waals surface area contributed by atoms with Crippen molar-refractivity contribution in [2.24, 2.45) is 5.92 Å². The predicted octanol–water partition coefficient (Wildman–Crippen LogP) is 3.74. The fraction of sp³-hybridized carbons (Fsp3) is 0.357. The lowest BCUT2D eigenvalue weighted by Gasteiger charge is -2.29. The standard InChI is InChI=1S/C28H29N3O4/c1-34-24-9-6-10-25-26(24)22-16-30(15-20(22)17-35-25)11-4-5-12-31-27(32)21-13-18-7-2-3-8-19(18)14-23(21)29-28(31)33/h2-3,6-10,13-14,20,22H,4-5,11-12,15-17H2,1H3,(H,29,33)/t20-,22+/m0/s1. The molecule has 180 valence electrons. The first-order valence-electron chi connectivity index (χ1n) is 12.3. The second-order valence-electron chi connectivity index (χ2n) is 9.65. The molecule has 7 heteroatoms. The second kappa shape index (κ2) is 8.89. The van der Waals surface area contributed by atoms with Gasteiger partial charge in [-0.15, -0.1) is 0 Å². The van der Waals surface area contributed by atoms with Gasteiger partial charge in [0.15, 0.2) is 0 Å². The number of unbranched alkanes of at least 4 members (excludes halogenated alkanes) is 1. The number of hydrogen-bond donors (Lipinski definition) is 1. The molecule has 0 saturated carbocycles. The topological polar surface area (TPSA) is 76.6 Å². The number of fused-ring (bicyclic) bond motifs is 5. The van der Waals surface area contributed by atoms with Crippen LogP contribution in [-0.4, -0.2) is 47.8 Å². The summed E-state index contributed by atoms with van der Waals surface area (Å²) in [4.78, 5) is 31.1. The van der Waals surface area contributed by atoms with E-state index in [2.05, 4.69) is 9.88 Å². The van der Waals surface area contributed by atoms with Crippen molar-refractivity contribution < 1.29 is 9.47 Å². The van der Waals surface area contributed by atoms with Gasteiger partial charge in [-0.2, -0.15) is 0 Å². The average molecular weight is 472 g/mol. The van der Waals surface area contributed by atoms with E-state index in [9.17, 15) is 9.59 Å². The van der Waals surface area contributed by atoms with Crippen LogP contribution in [0.25, 0.3) is 21.7 Å². The SMILES string of the molecule is COc1cccc2c1[C@@H]1CN(CCCCn3c(=O)[nH]c4cc5ccccc5cc4c3=O)C[C@H]1CO2. The number of hydrogen-bond acceptors (Lipinski definition) is 5. The summed E-state index contributed by atoms with van der Waals surface area (Å²) in [7, 11) is 1.71. The molecule has 1 N–H and O–H groups in total. The molecule has 0 spiro atoms. The minimum Gasteiger partial charge on any atom is -0.496 e. The summed E-state index contributed by atoms with van der Waals surface area (Å²) in [5, 5.41) is 2.55. The Morgan fingerprint density at radius 1 is 1.00 bits per heavy atom. The highest BCUT2D eigenvalue weighted by Gasteiger charge is 2.40. The Balaban J connectivity index is 1.13. The molecule has 1 saturated heterocycles. The maximum Gasteiger partial charge on any atom is 0.328 e. The van der Waals surface area contributed by atoms with E-state index < -0.39 is 0 Å². The number of nitrogens with one attached hydrogen (secondary N) is 1. The van der Waals surface area contributed by atoms with Gasteiger partial charge in [-0.3, -0.25) is 9.36 Å². The lowest BCUT2D eigenvalue weighted by Crippen LogP contribution is -2.35. The molecule has 35 heavy (non-hydrogen) atoms. The van der Waals surface area contributed by atoms with Crippen LogP contribution in [0.3, 0.4) is 0 Å². The molecule has 2 aliphatic rings. The first kappa shape index (κ1) is 21.9. The zero-order valence-electron chi connectivity index (χ0n) is 19.8. The first-order valence-corrected chi connectivity index (χ1v) is 12.3. The number of methoxy groups -OCH3 is 1. The van der Waals surface area contributed by atoms with Crippen molar-refractivity contribution >= 4 is 21.7 Å². The molecule has 0 unspecified atom stereocenters. The minimum atomic E-state index is -0.342. The largest absolute Gasteiger partial charge is 0.496 e. The maximum absolute atomic E-state index is 13.1. The summed E-state index contributed by atoms with van der Waals surface area (Å²) >= 11 is 0. The van der Waals surface area contributed by atoms with Crippen LogP contribution in [0.2, 0.25) is 0 Å². The van der Waals surface area contributed by atoms with Gasteiger partial charge in [0, 0.05) is 37.0 Å². The van der Waals surface area contributed by atoms with Crippen LogP contribution in [0.5, 0.6) is 11.5 Å². The molecule has 2 atom stereocenters. The number of nitrogens with zero attached hydrogens (tertiary/aromatic N) is 2. The Bertz CT molecular complexity index is 1510. The predicted molar refractivity (Wildman–Crippen MR) is 137 cm³/mol. The number of benzene rings is 3. The molecule has 0 bridgehead atoms. The Hall–Kier alpha value is -3.58. The van der Waals surface area contributed by atoms with Crippen LogP contribution in [0.15, 0.2) is 64.2 Å². The van der Waals surface area contributed by atoms with Crippen molar-refractivity contribution in [3.63, 3.8) is 0 Å². The monoisotopic (exact) mass is 471 g/mol. The van der Waals surface area contributed by atoms with Gasteiger partial charge in [0.2, 0.25) is 0 Å². The zero-order valence-corrected chi connectivity index (χ0v) is 19.8. The molecule has 3 heterocycles. The van der Waals surface area contributed by atoms with Crippen molar-refractivity contribution in [2.45, 2.75) is 25.3 Å². The van der Waals surface area contributed by atoms with Crippen molar-refractivity contribution in [2.75, 3.05) is 33.4 Å². The molecule has 1 aromatic heterocycles. The van der Waals surface area contributed by atoms with E-state index in [1.54, 1.807) is 7.11 Å². The summed E-state index contributed by atoms with van der Waals surface area (Å²) in [6.45, 7) is 4.05. The van der Waals surface area contributed by atoms with Gasteiger partial charge in [0.1, 0.15) is 11.5 Å². The van der Waals surface area contributed by atoms with E-state index in [0.29, 0.717) is 29.3 Å². The maximum atomic E-state index is 13.1. The Kier molecular flexibility index (Phi) is 5.57. The normalized spacial score (nSPS) is 19.5. The Morgan fingerprint density at radius 3 is 2.63 bits per heavy atom. The number of rotatable bonds is 6. The van der Waals surface area contributed by atoms with E-state index in [0.717, 1.165) is 61.4 Å². The third-order valence-electron chi connectivity index (χ3n) is 7.54.